The van der Waals surface area contributed by atoms with Gasteiger partial charge in [0, 0.05) is 20.8 Å². The molecule has 0 saturated heterocycles. The van der Waals surface area contributed by atoms with E-state index in [0.29, 0.717) is 0 Å². The van der Waals surface area contributed by atoms with Gasteiger partial charge in [-0.1, -0.05) is 6.92 Å². The maximum Gasteiger partial charge on any atom is 0.0756 e. The Hall–Kier alpha value is -0.710. The third kappa shape index (κ3) is 1.87. The Morgan fingerprint density at radius 3 is 2.79 bits per heavy atom. The lowest BCUT2D eigenvalue weighted by molar-refractivity contribution is 0.917. The molecule has 0 spiro atoms. The van der Waals surface area contributed by atoms with Crippen LogP contribution < -0.4 is 5.73 Å². The van der Waals surface area contributed by atoms with Crippen molar-refractivity contribution in [2.45, 2.75) is 19.4 Å². The summed E-state index contributed by atoms with van der Waals surface area (Å²) in [7, 11) is 0. The van der Waals surface area contributed by atoms with Gasteiger partial charge in [-0.3, -0.25) is 0 Å². The van der Waals surface area contributed by atoms with Gasteiger partial charge in [-0.25, -0.2) is 4.37 Å². The highest BCUT2D eigenvalue weighted by molar-refractivity contribution is 7.12. The Morgan fingerprint density at radius 2 is 2.21 bits per heavy atom. The summed E-state index contributed by atoms with van der Waals surface area (Å²) in [6.07, 6.45) is 2.88. The lowest BCUT2D eigenvalue weighted by Gasteiger charge is -2.04. The summed E-state index contributed by atoms with van der Waals surface area (Å²) < 4.78 is 4.06. The molecule has 2 nitrogen and oxygen atoms in total. The zero-order valence-electron chi connectivity index (χ0n) is 7.93. The first-order valence-corrected chi connectivity index (χ1v) is 6.15. The van der Waals surface area contributed by atoms with Crippen LogP contribution in [0.1, 0.15) is 27.6 Å². The number of rotatable bonds is 3. The molecule has 0 bridgehead atoms. The highest BCUT2D eigenvalue weighted by Gasteiger charge is 2.12. The summed E-state index contributed by atoms with van der Waals surface area (Å²) in [5.41, 5.74) is 6.11. The van der Waals surface area contributed by atoms with E-state index in [4.69, 9.17) is 5.73 Å². The van der Waals surface area contributed by atoms with Crippen molar-refractivity contribution in [2.24, 2.45) is 5.73 Å². The van der Waals surface area contributed by atoms with Crippen LogP contribution in [0.2, 0.25) is 0 Å². The van der Waals surface area contributed by atoms with Crippen molar-refractivity contribution in [3.63, 3.8) is 0 Å². The molecule has 1 unspecified atom stereocenters. The number of aryl methyl sites for hydroxylation is 1. The lowest BCUT2D eigenvalue weighted by atomic mass is 10.2. The molecule has 2 aromatic rings. The van der Waals surface area contributed by atoms with E-state index in [1.54, 1.807) is 17.5 Å². The monoisotopic (exact) mass is 224 g/mol. The van der Waals surface area contributed by atoms with Gasteiger partial charge in [0.05, 0.1) is 6.04 Å². The van der Waals surface area contributed by atoms with Crippen LogP contribution in [0, 0.1) is 0 Å². The second-order valence-electron chi connectivity index (χ2n) is 3.05. The number of thiophene rings is 1. The van der Waals surface area contributed by atoms with E-state index in [2.05, 4.69) is 23.4 Å². The number of aromatic nitrogens is 1. The Bertz CT molecular complexity index is 392. The maximum atomic E-state index is 6.11. The van der Waals surface area contributed by atoms with Crippen molar-refractivity contribution >= 4 is 22.9 Å². The van der Waals surface area contributed by atoms with Crippen LogP contribution in [0.5, 0.6) is 0 Å². The van der Waals surface area contributed by atoms with Crippen molar-refractivity contribution in [1.29, 1.82) is 0 Å². The Morgan fingerprint density at radius 1 is 1.36 bits per heavy atom. The minimum Gasteiger partial charge on any atom is -0.319 e. The highest BCUT2D eigenvalue weighted by Crippen LogP contribution is 2.28. The Labute approximate surface area is 91.6 Å². The molecule has 0 radical (unpaired) electrons. The number of nitrogens with zero attached hydrogens (tertiary/aromatic N) is 1. The van der Waals surface area contributed by atoms with E-state index in [1.807, 2.05) is 6.07 Å². The molecule has 1 atom stereocenters. The molecule has 0 aliphatic heterocycles. The van der Waals surface area contributed by atoms with E-state index < -0.39 is 0 Å². The molecule has 2 N–H and O–H groups in total. The summed E-state index contributed by atoms with van der Waals surface area (Å²) in [6, 6.07) is 6.27. The molecule has 74 valence electrons. The van der Waals surface area contributed by atoms with E-state index in [1.165, 1.54) is 21.3 Å². The van der Waals surface area contributed by atoms with Crippen molar-refractivity contribution in [1.82, 2.24) is 4.37 Å². The van der Waals surface area contributed by atoms with Crippen LogP contribution in [0.25, 0.3) is 0 Å². The lowest BCUT2D eigenvalue weighted by Crippen LogP contribution is -2.07. The van der Waals surface area contributed by atoms with Gasteiger partial charge in [-0.2, -0.15) is 0 Å². The third-order valence-electron chi connectivity index (χ3n) is 2.10. The average Bonchev–Trinajstić information content (AvgIpc) is 2.88. The molecule has 2 aromatic heterocycles. The molecule has 0 aromatic carbocycles. The zero-order valence-corrected chi connectivity index (χ0v) is 9.57. The molecule has 0 fully saturated rings. The normalized spacial score (nSPS) is 13.0. The second-order valence-corrected chi connectivity index (χ2v) is 5.11. The summed E-state index contributed by atoms with van der Waals surface area (Å²) in [5, 5.41) is 0. The fraction of sp³-hybridized carbons (Fsp3) is 0.300. The predicted octanol–water partition coefficient (Wildman–Crippen LogP) is 2.82. The van der Waals surface area contributed by atoms with Gasteiger partial charge in [0.25, 0.3) is 0 Å². The molecule has 0 aliphatic rings. The molecular weight excluding hydrogens is 212 g/mol. The van der Waals surface area contributed by atoms with Crippen molar-refractivity contribution in [2.75, 3.05) is 0 Å². The average molecular weight is 224 g/mol. The van der Waals surface area contributed by atoms with Gasteiger partial charge in [-0.05, 0) is 36.2 Å². The van der Waals surface area contributed by atoms with Crippen molar-refractivity contribution in [3.05, 3.63) is 39.0 Å². The molecule has 4 heteroatoms. The molecule has 0 saturated carbocycles. The van der Waals surface area contributed by atoms with Crippen LogP contribution in [0.15, 0.2) is 24.4 Å². The standard InChI is InChI=1S/C10H12N2S2/c1-2-7-3-4-8(13-7)10(11)9-5-6-12-14-9/h3-6,10H,2,11H2,1H3. The number of hydrogen-bond donors (Lipinski definition) is 1. The molecule has 14 heavy (non-hydrogen) atoms. The van der Waals surface area contributed by atoms with Crippen LogP contribution in [0.3, 0.4) is 0 Å². The van der Waals surface area contributed by atoms with Crippen LogP contribution in [-0.4, -0.2) is 4.37 Å². The van der Waals surface area contributed by atoms with Crippen LogP contribution >= 0.6 is 22.9 Å². The summed E-state index contributed by atoms with van der Waals surface area (Å²) >= 11 is 3.27. The second kappa shape index (κ2) is 4.21. The first-order chi connectivity index (χ1) is 6.81. The largest absolute Gasteiger partial charge is 0.319 e. The Balaban J connectivity index is 2.23. The van der Waals surface area contributed by atoms with E-state index in [-0.39, 0.29) is 6.04 Å². The molecule has 2 heterocycles. The predicted molar refractivity (Wildman–Crippen MR) is 61.8 cm³/mol. The van der Waals surface area contributed by atoms with Gasteiger partial charge in [-0.15, -0.1) is 11.3 Å². The minimum absolute atomic E-state index is 0.00722. The molecule has 2 rings (SSSR count). The van der Waals surface area contributed by atoms with Gasteiger partial charge in [0.15, 0.2) is 0 Å². The minimum atomic E-state index is 0.00722. The Kier molecular flexibility index (Phi) is 2.96. The third-order valence-corrected chi connectivity index (χ3v) is 4.24. The number of nitrogens with two attached hydrogens (primary N) is 1. The molecule has 0 aliphatic carbocycles. The first kappa shape index (κ1) is 9.83. The van der Waals surface area contributed by atoms with Gasteiger partial charge in [0.1, 0.15) is 0 Å². The fourth-order valence-corrected chi connectivity index (χ4v) is 2.93. The van der Waals surface area contributed by atoms with Gasteiger partial charge < -0.3 is 5.73 Å². The summed E-state index contributed by atoms with van der Waals surface area (Å²) in [5.74, 6) is 0. The van der Waals surface area contributed by atoms with E-state index in [9.17, 15) is 0 Å². The van der Waals surface area contributed by atoms with Crippen molar-refractivity contribution in [3.8, 4) is 0 Å². The summed E-state index contributed by atoms with van der Waals surface area (Å²) in [4.78, 5) is 3.75. The number of hydrogen-bond acceptors (Lipinski definition) is 4. The maximum absolute atomic E-state index is 6.11. The van der Waals surface area contributed by atoms with Crippen molar-refractivity contribution < 1.29 is 0 Å². The molecular formula is C10H12N2S2. The fourth-order valence-electron chi connectivity index (χ4n) is 1.28. The van der Waals surface area contributed by atoms with Crippen LogP contribution in [-0.2, 0) is 6.42 Å². The summed E-state index contributed by atoms with van der Waals surface area (Å²) in [6.45, 7) is 2.16. The highest BCUT2D eigenvalue weighted by atomic mass is 32.1. The molecule has 0 amide bonds. The van der Waals surface area contributed by atoms with E-state index in [0.717, 1.165) is 11.3 Å². The first-order valence-electron chi connectivity index (χ1n) is 4.56. The van der Waals surface area contributed by atoms with Gasteiger partial charge in [0.2, 0.25) is 0 Å². The van der Waals surface area contributed by atoms with E-state index >= 15 is 0 Å². The SMILES string of the molecule is CCc1ccc(C(N)c2ccns2)s1. The van der Waals surface area contributed by atoms with Gasteiger partial charge >= 0.3 is 0 Å². The smallest absolute Gasteiger partial charge is 0.0756 e. The van der Waals surface area contributed by atoms with Crippen LogP contribution in [0.4, 0.5) is 0 Å². The quantitative estimate of drug-likeness (QED) is 0.870. The zero-order chi connectivity index (χ0) is 9.97. The topological polar surface area (TPSA) is 38.9 Å².